The summed E-state index contributed by atoms with van der Waals surface area (Å²) in [5.74, 6) is 0.340. The van der Waals surface area contributed by atoms with E-state index >= 15 is 0 Å². The lowest BCUT2D eigenvalue weighted by Gasteiger charge is -2.03. The van der Waals surface area contributed by atoms with Crippen molar-refractivity contribution in [2.24, 2.45) is 10.7 Å². The molecule has 0 saturated heterocycles. The van der Waals surface area contributed by atoms with Crippen molar-refractivity contribution in [3.05, 3.63) is 59.9 Å². The zero-order valence-corrected chi connectivity index (χ0v) is 9.93. The molecule has 18 heavy (non-hydrogen) atoms. The molecule has 0 aliphatic heterocycles. The van der Waals surface area contributed by atoms with Gasteiger partial charge in [0.05, 0.1) is 12.8 Å². The fourth-order valence-corrected chi connectivity index (χ4v) is 1.54. The van der Waals surface area contributed by atoms with Crippen LogP contribution in [-0.4, -0.2) is 12.9 Å². The second kappa shape index (κ2) is 5.31. The highest BCUT2D eigenvalue weighted by molar-refractivity contribution is 5.99. The van der Waals surface area contributed by atoms with Crippen LogP contribution in [0.5, 0.6) is 5.75 Å². The third-order valence-corrected chi connectivity index (χ3v) is 2.41. The lowest BCUT2D eigenvalue weighted by Crippen LogP contribution is -2.12. The Morgan fingerprint density at radius 2 is 1.89 bits per heavy atom. The maximum absolute atomic E-state index is 13.3. The van der Waals surface area contributed by atoms with E-state index in [9.17, 15) is 4.39 Å². The average molecular weight is 244 g/mol. The Balaban J connectivity index is 2.35. The molecule has 0 fully saturated rings. The fourth-order valence-electron chi connectivity index (χ4n) is 1.54. The Morgan fingerprint density at radius 1 is 1.17 bits per heavy atom. The lowest BCUT2D eigenvalue weighted by molar-refractivity contribution is 0.411. The minimum atomic E-state index is -0.408. The predicted molar refractivity (Wildman–Crippen MR) is 69.8 cm³/mol. The molecule has 0 bridgehead atoms. The van der Waals surface area contributed by atoms with Gasteiger partial charge in [-0.3, -0.25) is 0 Å². The van der Waals surface area contributed by atoms with Crippen LogP contribution >= 0.6 is 0 Å². The summed E-state index contributed by atoms with van der Waals surface area (Å²) in [5.41, 5.74) is 7.07. The third kappa shape index (κ3) is 2.85. The molecular formula is C14H13FN2O. The molecule has 92 valence electrons. The van der Waals surface area contributed by atoms with Crippen LogP contribution in [0.3, 0.4) is 0 Å². The van der Waals surface area contributed by atoms with Crippen molar-refractivity contribution in [3.63, 3.8) is 0 Å². The summed E-state index contributed by atoms with van der Waals surface area (Å²) in [6.07, 6.45) is 0. The summed E-state index contributed by atoms with van der Waals surface area (Å²) >= 11 is 0. The van der Waals surface area contributed by atoms with Crippen molar-refractivity contribution < 1.29 is 9.13 Å². The van der Waals surface area contributed by atoms with E-state index in [-0.39, 0.29) is 0 Å². The molecule has 2 N–H and O–H groups in total. The van der Waals surface area contributed by atoms with E-state index in [0.29, 0.717) is 17.3 Å². The Morgan fingerprint density at radius 3 is 2.56 bits per heavy atom. The summed E-state index contributed by atoms with van der Waals surface area (Å²) in [5, 5.41) is 0. The van der Waals surface area contributed by atoms with Gasteiger partial charge in [-0.2, -0.15) is 0 Å². The van der Waals surface area contributed by atoms with E-state index in [2.05, 4.69) is 4.99 Å². The number of aliphatic imine (C=N–C) groups is 1. The van der Waals surface area contributed by atoms with Gasteiger partial charge in [-0.25, -0.2) is 9.38 Å². The highest BCUT2D eigenvalue weighted by atomic mass is 19.1. The number of nitrogens with two attached hydrogens (primary N) is 1. The third-order valence-electron chi connectivity index (χ3n) is 2.41. The molecular weight excluding hydrogens is 231 g/mol. The number of hydrogen-bond acceptors (Lipinski definition) is 2. The van der Waals surface area contributed by atoms with Crippen LogP contribution in [0.4, 0.5) is 10.1 Å². The molecule has 4 heteroatoms. The van der Waals surface area contributed by atoms with Gasteiger partial charge in [0.25, 0.3) is 0 Å². The standard InChI is InChI=1S/C14H13FN2O/c1-18-13-8-11(15)7-12(9-13)17-14(16)10-5-3-2-4-6-10/h2-9H,1H3,(H2,16,17). The van der Waals surface area contributed by atoms with Gasteiger partial charge in [-0.1, -0.05) is 30.3 Å². The SMILES string of the molecule is COc1cc(F)cc(N=C(N)c2ccccc2)c1. The van der Waals surface area contributed by atoms with E-state index in [0.717, 1.165) is 5.56 Å². The molecule has 0 spiro atoms. The number of amidine groups is 1. The van der Waals surface area contributed by atoms with Gasteiger partial charge in [0, 0.05) is 17.7 Å². The van der Waals surface area contributed by atoms with Gasteiger partial charge in [-0.15, -0.1) is 0 Å². The largest absolute Gasteiger partial charge is 0.497 e. The first-order valence-electron chi connectivity index (χ1n) is 5.43. The van der Waals surface area contributed by atoms with Crippen molar-refractivity contribution in [3.8, 4) is 5.75 Å². The first-order valence-corrected chi connectivity index (χ1v) is 5.43. The van der Waals surface area contributed by atoms with E-state index in [1.54, 1.807) is 6.07 Å². The van der Waals surface area contributed by atoms with Crippen LogP contribution < -0.4 is 10.5 Å². The van der Waals surface area contributed by atoms with Crippen LogP contribution in [0.1, 0.15) is 5.56 Å². The summed E-state index contributed by atoms with van der Waals surface area (Å²) in [7, 11) is 1.48. The highest BCUT2D eigenvalue weighted by Gasteiger charge is 2.02. The van der Waals surface area contributed by atoms with Gasteiger partial charge in [0.2, 0.25) is 0 Å². The second-order valence-corrected chi connectivity index (χ2v) is 3.71. The fraction of sp³-hybridized carbons (Fsp3) is 0.0714. The van der Waals surface area contributed by atoms with E-state index in [4.69, 9.17) is 10.5 Å². The van der Waals surface area contributed by atoms with Crippen LogP contribution in [-0.2, 0) is 0 Å². The molecule has 3 nitrogen and oxygen atoms in total. The lowest BCUT2D eigenvalue weighted by atomic mass is 10.2. The topological polar surface area (TPSA) is 47.6 Å². The number of benzene rings is 2. The maximum atomic E-state index is 13.3. The molecule has 0 radical (unpaired) electrons. The molecule has 0 atom stereocenters. The minimum absolute atomic E-state index is 0.336. The summed E-state index contributed by atoms with van der Waals surface area (Å²) in [4.78, 5) is 4.17. The van der Waals surface area contributed by atoms with Gasteiger partial charge in [0.1, 0.15) is 17.4 Å². The Bertz CT molecular complexity index is 567. The van der Waals surface area contributed by atoms with E-state index in [1.165, 1.54) is 19.2 Å². The predicted octanol–water partition coefficient (Wildman–Crippen LogP) is 2.87. The summed E-state index contributed by atoms with van der Waals surface area (Å²) < 4.78 is 18.3. The number of methoxy groups -OCH3 is 1. The number of ether oxygens (including phenoxy) is 1. The first kappa shape index (κ1) is 12.1. The van der Waals surface area contributed by atoms with E-state index < -0.39 is 5.82 Å². The van der Waals surface area contributed by atoms with Crippen LogP contribution in [0.2, 0.25) is 0 Å². The number of hydrogen-bond donors (Lipinski definition) is 1. The average Bonchev–Trinajstić information content (AvgIpc) is 2.39. The molecule has 2 rings (SSSR count). The Labute approximate surface area is 105 Å². The maximum Gasteiger partial charge on any atom is 0.131 e. The van der Waals surface area contributed by atoms with Crippen molar-refractivity contribution in [1.82, 2.24) is 0 Å². The quantitative estimate of drug-likeness (QED) is 0.666. The molecule has 0 aliphatic rings. The Hall–Kier alpha value is -2.36. The van der Waals surface area contributed by atoms with Crippen molar-refractivity contribution in [1.29, 1.82) is 0 Å². The number of rotatable bonds is 3. The molecule has 0 heterocycles. The zero-order valence-electron chi connectivity index (χ0n) is 9.93. The molecule has 0 amide bonds. The summed E-state index contributed by atoms with van der Waals surface area (Å²) in [6, 6.07) is 13.5. The molecule has 2 aromatic rings. The first-order chi connectivity index (χ1) is 8.69. The zero-order chi connectivity index (χ0) is 13.0. The van der Waals surface area contributed by atoms with Crippen LogP contribution in [0.25, 0.3) is 0 Å². The van der Waals surface area contributed by atoms with E-state index in [1.807, 2.05) is 30.3 Å². The van der Waals surface area contributed by atoms with Gasteiger partial charge in [0.15, 0.2) is 0 Å². The van der Waals surface area contributed by atoms with Gasteiger partial charge in [-0.05, 0) is 6.07 Å². The molecule has 2 aromatic carbocycles. The van der Waals surface area contributed by atoms with Crippen molar-refractivity contribution >= 4 is 11.5 Å². The van der Waals surface area contributed by atoms with Gasteiger partial charge < -0.3 is 10.5 Å². The van der Waals surface area contributed by atoms with Crippen molar-refractivity contribution in [2.45, 2.75) is 0 Å². The molecule has 0 unspecified atom stereocenters. The number of halogens is 1. The van der Waals surface area contributed by atoms with Crippen LogP contribution in [0.15, 0.2) is 53.5 Å². The Kier molecular flexibility index (Phi) is 3.57. The minimum Gasteiger partial charge on any atom is -0.497 e. The second-order valence-electron chi connectivity index (χ2n) is 3.71. The summed E-state index contributed by atoms with van der Waals surface area (Å²) in [6.45, 7) is 0. The van der Waals surface area contributed by atoms with Gasteiger partial charge >= 0.3 is 0 Å². The van der Waals surface area contributed by atoms with Crippen LogP contribution in [0, 0.1) is 5.82 Å². The number of nitrogens with zero attached hydrogens (tertiary/aromatic N) is 1. The molecule has 0 aromatic heterocycles. The normalized spacial score (nSPS) is 11.3. The molecule has 0 aliphatic carbocycles. The molecule has 0 saturated carbocycles. The monoisotopic (exact) mass is 244 g/mol. The highest BCUT2D eigenvalue weighted by Crippen LogP contribution is 2.22. The smallest absolute Gasteiger partial charge is 0.131 e. The van der Waals surface area contributed by atoms with Crippen molar-refractivity contribution in [2.75, 3.05) is 7.11 Å².